The maximum atomic E-state index is 8.99. The first-order chi connectivity index (χ1) is 9.06. The Hall–Kier alpha value is -1.07. The lowest BCUT2D eigenvalue weighted by Gasteiger charge is -2.32. The summed E-state index contributed by atoms with van der Waals surface area (Å²) in [5, 5.41) is 17.5. The van der Waals surface area contributed by atoms with Gasteiger partial charge in [0.1, 0.15) is 0 Å². The standard InChI is InChI=1S/C13H21ClN4O/c1-4-10-7-18(6-5-11(10)16-19)8-12-13(14)9(2)15-17(12)3/h10,19H,4-8H2,1-3H3. The molecule has 1 N–H and O–H groups in total. The third-order valence-corrected chi connectivity index (χ3v) is 4.38. The minimum atomic E-state index is 0.340. The summed E-state index contributed by atoms with van der Waals surface area (Å²) in [5.74, 6) is 0.340. The van der Waals surface area contributed by atoms with E-state index < -0.39 is 0 Å². The van der Waals surface area contributed by atoms with Crippen molar-refractivity contribution in [1.29, 1.82) is 0 Å². The Morgan fingerprint density at radius 3 is 2.79 bits per heavy atom. The third kappa shape index (κ3) is 2.92. The highest BCUT2D eigenvalue weighted by Crippen LogP contribution is 2.24. The van der Waals surface area contributed by atoms with E-state index in [2.05, 4.69) is 22.1 Å². The largest absolute Gasteiger partial charge is 0.411 e. The number of hydrogen-bond donors (Lipinski definition) is 1. The molecule has 2 rings (SSSR count). The van der Waals surface area contributed by atoms with E-state index in [9.17, 15) is 0 Å². The van der Waals surface area contributed by atoms with Gasteiger partial charge in [0.05, 0.1) is 22.1 Å². The van der Waals surface area contributed by atoms with Crippen LogP contribution in [0.2, 0.25) is 5.02 Å². The van der Waals surface area contributed by atoms with E-state index in [0.717, 1.165) is 54.6 Å². The number of piperidine rings is 1. The maximum absolute atomic E-state index is 8.99. The van der Waals surface area contributed by atoms with Gasteiger partial charge in [-0.3, -0.25) is 9.58 Å². The smallest absolute Gasteiger partial charge is 0.0860 e. The number of aromatic nitrogens is 2. The van der Waals surface area contributed by atoms with Crippen LogP contribution in [0.25, 0.3) is 0 Å². The first-order valence-electron chi connectivity index (χ1n) is 6.68. The van der Waals surface area contributed by atoms with Crippen LogP contribution in [-0.2, 0) is 13.6 Å². The van der Waals surface area contributed by atoms with Gasteiger partial charge in [0, 0.05) is 39.0 Å². The Balaban J connectivity index is 2.08. The molecule has 1 aliphatic heterocycles. The fourth-order valence-electron chi connectivity index (χ4n) is 2.69. The molecule has 19 heavy (non-hydrogen) atoms. The predicted molar refractivity (Wildman–Crippen MR) is 75.9 cm³/mol. The first kappa shape index (κ1) is 14.3. The fourth-order valence-corrected chi connectivity index (χ4v) is 2.91. The van der Waals surface area contributed by atoms with Gasteiger partial charge in [-0.15, -0.1) is 0 Å². The number of rotatable bonds is 3. The molecule has 5 nitrogen and oxygen atoms in total. The molecule has 0 aliphatic carbocycles. The van der Waals surface area contributed by atoms with Gasteiger partial charge >= 0.3 is 0 Å². The van der Waals surface area contributed by atoms with E-state index in [0.29, 0.717) is 5.92 Å². The molecule has 1 aliphatic rings. The molecule has 1 aromatic rings. The summed E-state index contributed by atoms with van der Waals surface area (Å²) in [7, 11) is 1.93. The summed E-state index contributed by atoms with van der Waals surface area (Å²) < 4.78 is 1.86. The molecule has 1 saturated heterocycles. The van der Waals surface area contributed by atoms with Crippen molar-refractivity contribution in [2.75, 3.05) is 13.1 Å². The average Bonchev–Trinajstić information content (AvgIpc) is 2.65. The van der Waals surface area contributed by atoms with Gasteiger partial charge in [-0.25, -0.2) is 0 Å². The lowest BCUT2D eigenvalue weighted by Crippen LogP contribution is -2.40. The Labute approximate surface area is 118 Å². The van der Waals surface area contributed by atoms with Crippen LogP contribution in [0, 0.1) is 12.8 Å². The molecule has 0 saturated carbocycles. The molecule has 0 aromatic carbocycles. The molecule has 0 bridgehead atoms. The maximum Gasteiger partial charge on any atom is 0.0860 e. The Morgan fingerprint density at radius 2 is 2.26 bits per heavy atom. The average molecular weight is 285 g/mol. The van der Waals surface area contributed by atoms with Crippen LogP contribution in [0.1, 0.15) is 31.2 Å². The zero-order chi connectivity index (χ0) is 14.0. The number of hydrogen-bond acceptors (Lipinski definition) is 4. The lowest BCUT2D eigenvalue weighted by atomic mass is 9.93. The van der Waals surface area contributed by atoms with E-state index in [-0.39, 0.29) is 0 Å². The number of nitrogens with zero attached hydrogens (tertiary/aromatic N) is 4. The highest BCUT2D eigenvalue weighted by molar-refractivity contribution is 6.31. The van der Waals surface area contributed by atoms with E-state index >= 15 is 0 Å². The number of halogens is 1. The topological polar surface area (TPSA) is 53.7 Å². The monoisotopic (exact) mass is 284 g/mol. The van der Waals surface area contributed by atoms with E-state index in [4.69, 9.17) is 16.8 Å². The Morgan fingerprint density at radius 1 is 1.53 bits per heavy atom. The number of aryl methyl sites for hydroxylation is 2. The van der Waals surface area contributed by atoms with Crippen molar-refractivity contribution >= 4 is 17.3 Å². The summed E-state index contributed by atoms with van der Waals surface area (Å²) >= 11 is 6.29. The Kier molecular flexibility index (Phi) is 4.47. The SMILES string of the molecule is CCC1CN(Cc2c(Cl)c(C)nn2C)CCC1=NO. The van der Waals surface area contributed by atoms with Gasteiger partial charge in [0.25, 0.3) is 0 Å². The predicted octanol–water partition coefficient (Wildman–Crippen LogP) is 2.44. The van der Waals surface area contributed by atoms with E-state index in [1.54, 1.807) is 0 Å². The minimum Gasteiger partial charge on any atom is -0.411 e. The zero-order valence-corrected chi connectivity index (χ0v) is 12.5. The molecular weight excluding hydrogens is 264 g/mol. The van der Waals surface area contributed by atoms with E-state index in [1.807, 2.05) is 18.7 Å². The van der Waals surface area contributed by atoms with Crippen LogP contribution in [0.3, 0.4) is 0 Å². The third-order valence-electron chi connectivity index (χ3n) is 3.89. The molecule has 0 radical (unpaired) electrons. The quantitative estimate of drug-likeness (QED) is 0.685. The summed E-state index contributed by atoms with van der Waals surface area (Å²) in [4.78, 5) is 2.35. The molecule has 106 valence electrons. The van der Waals surface area contributed by atoms with Crippen LogP contribution >= 0.6 is 11.6 Å². The molecule has 2 heterocycles. The first-order valence-corrected chi connectivity index (χ1v) is 7.05. The van der Waals surface area contributed by atoms with Gasteiger partial charge < -0.3 is 5.21 Å². The number of oxime groups is 1. The highest BCUT2D eigenvalue weighted by atomic mass is 35.5. The van der Waals surface area contributed by atoms with E-state index in [1.165, 1.54) is 0 Å². The van der Waals surface area contributed by atoms with Gasteiger partial charge in [-0.1, -0.05) is 23.7 Å². The second-order valence-electron chi connectivity index (χ2n) is 5.15. The second-order valence-corrected chi connectivity index (χ2v) is 5.53. The summed E-state index contributed by atoms with van der Waals surface area (Å²) in [6.07, 6.45) is 1.82. The minimum absolute atomic E-state index is 0.340. The van der Waals surface area contributed by atoms with Crippen molar-refractivity contribution < 1.29 is 5.21 Å². The molecule has 1 aromatic heterocycles. The summed E-state index contributed by atoms with van der Waals surface area (Å²) in [5.41, 5.74) is 2.85. The van der Waals surface area contributed by atoms with Crippen molar-refractivity contribution in [1.82, 2.24) is 14.7 Å². The number of likely N-dealkylation sites (tertiary alicyclic amines) is 1. The summed E-state index contributed by atoms with van der Waals surface area (Å²) in [6, 6.07) is 0. The second kappa shape index (κ2) is 5.92. The van der Waals surface area contributed by atoms with Crippen molar-refractivity contribution in [3.63, 3.8) is 0 Å². The van der Waals surface area contributed by atoms with Crippen LogP contribution in [0.15, 0.2) is 5.16 Å². The summed E-state index contributed by atoms with van der Waals surface area (Å²) in [6.45, 7) is 6.66. The van der Waals surface area contributed by atoms with Crippen LogP contribution in [-0.4, -0.2) is 38.7 Å². The Bertz CT molecular complexity index is 483. The van der Waals surface area contributed by atoms with Gasteiger partial charge in [-0.05, 0) is 13.3 Å². The molecule has 1 unspecified atom stereocenters. The molecule has 6 heteroatoms. The van der Waals surface area contributed by atoms with Crippen LogP contribution in [0.5, 0.6) is 0 Å². The molecule has 0 amide bonds. The van der Waals surface area contributed by atoms with Crippen LogP contribution < -0.4 is 0 Å². The molecule has 1 fully saturated rings. The highest BCUT2D eigenvalue weighted by Gasteiger charge is 2.26. The van der Waals surface area contributed by atoms with Gasteiger partial charge in [-0.2, -0.15) is 5.10 Å². The molecule has 0 spiro atoms. The fraction of sp³-hybridized carbons (Fsp3) is 0.692. The van der Waals surface area contributed by atoms with Crippen molar-refractivity contribution in [3.05, 3.63) is 16.4 Å². The van der Waals surface area contributed by atoms with Crippen LogP contribution in [0.4, 0.5) is 0 Å². The van der Waals surface area contributed by atoms with Crippen molar-refractivity contribution in [2.24, 2.45) is 18.1 Å². The molecular formula is C13H21ClN4O. The van der Waals surface area contributed by atoms with Crippen molar-refractivity contribution in [3.8, 4) is 0 Å². The molecule has 1 atom stereocenters. The lowest BCUT2D eigenvalue weighted by molar-refractivity contribution is 0.216. The zero-order valence-electron chi connectivity index (χ0n) is 11.7. The van der Waals surface area contributed by atoms with Crippen molar-refractivity contribution in [2.45, 2.75) is 33.2 Å². The van der Waals surface area contributed by atoms with Gasteiger partial charge in [0.2, 0.25) is 0 Å². The normalized spacial score (nSPS) is 23.2. The van der Waals surface area contributed by atoms with Gasteiger partial charge in [0.15, 0.2) is 0 Å².